The zero-order valence-corrected chi connectivity index (χ0v) is 15.4. The standard InChI is InChI=1S/C20H24N4O2/c1-13-17(16-6-4-5-7-18(16)26-13)11-21-9-14-8-19(25)24(3)20(14)15-10-22-23(2)12-15/h4-7,10,12,14,20-21H,8-9,11H2,1-3H3/t14-,20+/m0/s1. The molecule has 2 atom stereocenters. The van der Waals surface area contributed by atoms with Crippen molar-refractivity contribution in [2.45, 2.75) is 25.9 Å². The lowest BCUT2D eigenvalue weighted by molar-refractivity contribution is -0.127. The fraction of sp³-hybridized carbons (Fsp3) is 0.400. The van der Waals surface area contributed by atoms with E-state index < -0.39 is 0 Å². The molecule has 0 radical (unpaired) electrons. The first-order valence-electron chi connectivity index (χ1n) is 8.96. The lowest BCUT2D eigenvalue weighted by atomic mass is 9.95. The van der Waals surface area contributed by atoms with Gasteiger partial charge in [-0.15, -0.1) is 0 Å². The van der Waals surface area contributed by atoms with E-state index in [2.05, 4.69) is 16.5 Å². The highest BCUT2D eigenvalue weighted by molar-refractivity contribution is 5.82. The normalized spacial score (nSPS) is 20.4. The largest absolute Gasteiger partial charge is 0.461 e. The average molecular weight is 352 g/mol. The monoisotopic (exact) mass is 352 g/mol. The Bertz CT molecular complexity index is 942. The molecule has 3 heterocycles. The molecule has 1 saturated heterocycles. The number of furan rings is 1. The number of aromatic nitrogens is 2. The number of hydrogen-bond acceptors (Lipinski definition) is 4. The maximum absolute atomic E-state index is 12.3. The van der Waals surface area contributed by atoms with Gasteiger partial charge in [-0.3, -0.25) is 9.48 Å². The van der Waals surface area contributed by atoms with Crippen molar-refractivity contribution in [2.75, 3.05) is 13.6 Å². The summed E-state index contributed by atoms with van der Waals surface area (Å²) in [6, 6.07) is 8.18. The van der Waals surface area contributed by atoms with E-state index in [0.29, 0.717) is 6.42 Å². The second-order valence-corrected chi connectivity index (χ2v) is 7.12. The van der Waals surface area contributed by atoms with Crippen LogP contribution in [-0.2, 0) is 18.4 Å². The van der Waals surface area contributed by atoms with Crippen molar-refractivity contribution < 1.29 is 9.21 Å². The summed E-state index contributed by atoms with van der Waals surface area (Å²) in [4.78, 5) is 14.1. The van der Waals surface area contributed by atoms with Crippen molar-refractivity contribution >= 4 is 16.9 Å². The molecule has 1 amide bonds. The third-order valence-corrected chi connectivity index (χ3v) is 5.37. The Morgan fingerprint density at radius 2 is 2.12 bits per heavy atom. The van der Waals surface area contributed by atoms with Gasteiger partial charge in [0.25, 0.3) is 0 Å². The van der Waals surface area contributed by atoms with Crippen LogP contribution in [0.15, 0.2) is 41.1 Å². The molecule has 0 aliphatic carbocycles. The van der Waals surface area contributed by atoms with Crippen molar-refractivity contribution in [3.05, 3.63) is 53.5 Å². The van der Waals surface area contributed by atoms with Gasteiger partial charge in [-0.1, -0.05) is 18.2 Å². The second-order valence-electron chi connectivity index (χ2n) is 7.12. The number of nitrogens with one attached hydrogen (secondary N) is 1. The third kappa shape index (κ3) is 2.90. The molecule has 6 heteroatoms. The van der Waals surface area contributed by atoms with E-state index in [-0.39, 0.29) is 17.9 Å². The van der Waals surface area contributed by atoms with Gasteiger partial charge in [0.15, 0.2) is 0 Å². The highest BCUT2D eigenvalue weighted by Gasteiger charge is 2.38. The van der Waals surface area contributed by atoms with Crippen LogP contribution >= 0.6 is 0 Å². The van der Waals surface area contributed by atoms with Crippen LogP contribution in [0.4, 0.5) is 0 Å². The Morgan fingerprint density at radius 1 is 1.31 bits per heavy atom. The fourth-order valence-electron chi connectivity index (χ4n) is 4.05. The summed E-state index contributed by atoms with van der Waals surface area (Å²) in [5.74, 6) is 1.37. The summed E-state index contributed by atoms with van der Waals surface area (Å²) in [6.07, 6.45) is 4.43. The van der Waals surface area contributed by atoms with Crippen LogP contribution in [0, 0.1) is 12.8 Å². The van der Waals surface area contributed by atoms with Gasteiger partial charge in [0.2, 0.25) is 5.91 Å². The smallest absolute Gasteiger partial charge is 0.223 e. The third-order valence-electron chi connectivity index (χ3n) is 5.37. The van der Waals surface area contributed by atoms with Crippen LogP contribution in [0.1, 0.15) is 29.3 Å². The molecule has 4 rings (SSSR count). The number of likely N-dealkylation sites (tertiary alicyclic amines) is 1. The molecule has 0 spiro atoms. The maximum Gasteiger partial charge on any atom is 0.223 e. The number of aryl methyl sites for hydroxylation is 2. The average Bonchev–Trinajstić information content (AvgIpc) is 3.25. The summed E-state index contributed by atoms with van der Waals surface area (Å²) in [5.41, 5.74) is 3.21. The fourth-order valence-corrected chi connectivity index (χ4v) is 4.05. The molecule has 1 N–H and O–H groups in total. The van der Waals surface area contributed by atoms with Crippen LogP contribution in [0.25, 0.3) is 11.0 Å². The number of fused-ring (bicyclic) bond motifs is 1. The van der Waals surface area contributed by atoms with Crippen LogP contribution < -0.4 is 5.32 Å². The predicted molar refractivity (Wildman–Crippen MR) is 99.5 cm³/mol. The van der Waals surface area contributed by atoms with Crippen LogP contribution in [-0.4, -0.2) is 34.2 Å². The predicted octanol–water partition coefficient (Wildman–Crippen LogP) is 2.78. The van der Waals surface area contributed by atoms with Gasteiger partial charge < -0.3 is 14.6 Å². The minimum absolute atomic E-state index is 0.0749. The molecular formula is C20H24N4O2. The molecular weight excluding hydrogens is 328 g/mol. The Labute approximate surface area is 152 Å². The Hall–Kier alpha value is -2.60. The molecule has 3 aromatic rings. The number of carbonyl (C=O) groups excluding carboxylic acids is 1. The number of amides is 1. The Morgan fingerprint density at radius 3 is 2.88 bits per heavy atom. The second kappa shape index (κ2) is 6.61. The summed E-state index contributed by atoms with van der Waals surface area (Å²) in [6.45, 7) is 3.51. The minimum Gasteiger partial charge on any atom is -0.461 e. The highest BCUT2D eigenvalue weighted by atomic mass is 16.3. The zero-order valence-electron chi connectivity index (χ0n) is 15.4. The topological polar surface area (TPSA) is 63.3 Å². The lowest BCUT2D eigenvalue weighted by Crippen LogP contribution is -2.29. The number of rotatable bonds is 5. The van der Waals surface area contributed by atoms with E-state index >= 15 is 0 Å². The SMILES string of the molecule is Cc1oc2ccccc2c1CNC[C@@H]1CC(=O)N(C)[C@H]1c1cnn(C)c1. The van der Waals surface area contributed by atoms with Crippen molar-refractivity contribution in [1.29, 1.82) is 0 Å². The van der Waals surface area contributed by atoms with Gasteiger partial charge in [-0.2, -0.15) is 5.10 Å². The molecule has 0 bridgehead atoms. The van der Waals surface area contributed by atoms with Gasteiger partial charge in [-0.25, -0.2) is 0 Å². The highest BCUT2D eigenvalue weighted by Crippen LogP contribution is 2.36. The summed E-state index contributed by atoms with van der Waals surface area (Å²) in [7, 11) is 3.79. The first-order valence-corrected chi connectivity index (χ1v) is 8.96. The van der Waals surface area contributed by atoms with Gasteiger partial charge in [-0.05, 0) is 13.0 Å². The van der Waals surface area contributed by atoms with E-state index in [1.165, 1.54) is 5.56 Å². The molecule has 0 unspecified atom stereocenters. The molecule has 1 aliphatic heterocycles. The Balaban J connectivity index is 1.48. The summed E-state index contributed by atoms with van der Waals surface area (Å²) in [5, 5.41) is 8.97. The number of hydrogen-bond donors (Lipinski definition) is 1. The summed E-state index contributed by atoms with van der Waals surface area (Å²) >= 11 is 0. The van der Waals surface area contributed by atoms with Crippen LogP contribution in [0.5, 0.6) is 0 Å². The van der Waals surface area contributed by atoms with Gasteiger partial charge in [0, 0.05) is 62.2 Å². The first-order chi connectivity index (χ1) is 12.5. The van der Waals surface area contributed by atoms with Crippen molar-refractivity contribution in [3.8, 4) is 0 Å². The van der Waals surface area contributed by atoms with Gasteiger partial charge in [0.1, 0.15) is 11.3 Å². The quantitative estimate of drug-likeness (QED) is 0.767. The van der Waals surface area contributed by atoms with E-state index in [9.17, 15) is 4.79 Å². The Kier molecular flexibility index (Phi) is 4.28. The van der Waals surface area contributed by atoms with Gasteiger partial charge >= 0.3 is 0 Å². The zero-order chi connectivity index (χ0) is 18.3. The van der Waals surface area contributed by atoms with Gasteiger partial charge in [0.05, 0.1) is 12.2 Å². The molecule has 1 fully saturated rings. The van der Waals surface area contributed by atoms with Crippen molar-refractivity contribution in [3.63, 3.8) is 0 Å². The van der Waals surface area contributed by atoms with Crippen LogP contribution in [0.2, 0.25) is 0 Å². The van der Waals surface area contributed by atoms with Crippen LogP contribution in [0.3, 0.4) is 0 Å². The summed E-state index contributed by atoms with van der Waals surface area (Å²) < 4.78 is 7.62. The van der Waals surface area contributed by atoms with E-state index in [1.54, 1.807) is 4.68 Å². The van der Waals surface area contributed by atoms with Crippen molar-refractivity contribution in [1.82, 2.24) is 20.0 Å². The number of nitrogens with zero attached hydrogens (tertiary/aromatic N) is 3. The van der Waals surface area contributed by atoms with E-state index in [1.807, 2.05) is 56.5 Å². The maximum atomic E-state index is 12.3. The number of para-hydroxylation sites is 1. The number of benzene rings is 1. The molecule has 1 aromatic carbocycles. The molecule has 2 aromatic heterocycles. The number of carbonyl (C=O) groups is 1. The minimum atomic E-state index is 0.0749. The van der Waals surface area contributed by atoms with E-state index in [0.717, 1.165) is 35.4 Å². The molecule has 1 aliphatic rings. The first kappa shape index (κ1) is 16.8. The molecule has 136 valence electrons. The lowest BCUT2D eigenvalue weighted by Gasteiger charge is -2.24. The molecule has 0 saturated carbocycles. The van der Waals surface area contributed by atoms with E-state index in [4.69, 9.17) is 4.42 Å². The van der Waals surface area contributed by atoms with Crippen molar-refractivity contribution in [2.24, 2.45) is 13.0 Å². The molecule has 26 heavy (non-hydrogen) atoms. The molecule has 6 nitrogen and oxygen atoms in total.